The largest absolute Gasteiger partial charge is 0.384 e. The second-order valence-electron chi connectivity index (χ2n) is 4.30. The fraction of sp³-hybridized carbons (Fsp3) is 0.286. The first-order chi connectivity index (χ1) is 9.22. The Morgan fingerprint density at radius 3 is 3.00 bits per heavy atom. The van der Waals surface area contributed by atoms with Crippen LogP contribution in [0, 0.1) is 6.92 Å². The molecule has 2 N–H and O–H groups in total. The maximum absolute atomic E-state index is 10.1. The smallest absolute Gasteiger partial charge is 0.207 e. The number of hydrogen-bond donors (Lipinski definition) is 2. The van der Waals surface area contributed by atoms with E-state index in [1.165, 1.54) is 0 Å². The summed E-state index contributed by atoms with van der Waals surface area (Å²) in [4.78, 5) is 14.7. The van der Waals surface area contributed by atoms with Crippen molar-refractivity contribution in [3.8, 4) is 0 Å². The Morgan fingerprint density at radius 2 is 2.21 bits per heavy atom. The van der Waals surface area contributed by atoms with E-state index in [0.717, 1.165) is 46.1 Å². The molecule has 0 aliphatic heterocycles. The number of para-hydroxylation sites is 1. The minimum Gasteiger partial charge on any atom is -0.384 e. The van der Waals surface area contributed by atoms with Crippen molar-refractivity contribution < 1.29 is 4.79 Å². The van der Waals surface area contributed by atoms with Crippen molar-refractivity contribution in [1.29, 1.82) is 0 Å². The summed E-state index contributed by atoms with van der Waals surface area (Å²) in [5, 5.41) is 7.15. The van der Waals surface area contributed by atoms with Gasteiger partial charge in [0.25, 0.3) is 0 Å². The summed E-state index contributed by atoms with van der Waals surface area (Å²) in [6.45, 7) is 3.48. The normalized spacial score (nSPS) is 10.4. The highest BCUT2D eigenvalue weighted by atomic mass is 79.9. The molecule has 100 valence electrons. The van der Waals surface area contributed by atoms with Gasteiger partial charge in [0.15, 0.2) is 0 Å². The number of pyridine rings is 1. The summed E-state index contributed by atoms with van der Waals surface area (Å²) >= 11 is 3.53. The number of halogens is 1. The molecule has 1 amide bonds. The van der Waals surface area contributed by atoms with E-state index in [1.807, 2.05) is 25.1 Å². The third-order valence-corrected chi connectivity index (χ3v) is 3.45. The molecule has 0 bridgehead atoms. The molecule has 0 radical (unpaired) electrons. The molecule has 1 aromatic heterocycles. The summed E-state index contributed by atoms with van der Waals surface area (Å²) in [6, 6.07) is 8.09. The fourth-order valence-electron chi connectivity index (χ4n) is 1.96. The van der Waals surface area contributed by atoms with Crippen LogP contribution in [0.25, 0.3) is 10.9 Å². The van der Waals surface area contributed by atoms with Crippen LogP contribution in [0.4, 0.5) is 5.69 Å². The van der Waals surface area contributed by atoms with Gasteiger partial charge in [0.05, 0.1) is 5.52 Å². The zero-order valence-corrected chi connectivity index (χ0v) is 12.3. The van der Waals surface area contributed by atoms with E-state index in [1.54, 1.807) is 0 Å². The number of rotatable bonds is 6. The Morgan fingerprint density at radius 1 is 1.37 bits per heavy atom. The van der Waals surface area contributed by atoms with Crippen molar-refractivity contribution in [2.45, 2.75) is 13.3 Å². The topological polar surface area (TPSA) is 54.0 Å². The van der Waals surface area contributed by atoms with E-state index in [4.69, 9.17) is 0 Å². The highest BCUT2D eigenvalue weighted by Crippen LogP contribution is 2.28. The van der Waals surface area contributed by atoms with Crippen molar-refractivity contribution in [2.75, 3.05) is 18.4 Å². The highest BCUT2D eigenvalue weighted by Gasteiger charge is 2.06. The maximum Gasteiger partial charge on any atom is 0.207 e. The summed E-state index contributed by atoms with van der Waals surface area (Å²) in [7, 11) is 0. The molecule has 0 aliphatic rings. The third-order valence-electron chi connectivity index (χ3n) is 2.82. The average molecular weight is 322 g/mol. The molecule has 0 atom stereocenters. The Kier molecular flexibility index (Phi) is 4.74. The lowest BCUT2D eigenvalue weighted by molar-refractivity contribution is -0.109. The molecule has 4 nitrogen and oxygen atoms in total. The quantitative estimate of drug-likeness (QED) is 0.635. The molecular weight excluding hydrogens is 306 g/mol. The van der Waals surface area contributed by atoms with E-state index < -0.39 is 0 Å². The van der Waals surface area contributed by atoms with Crippen LogP contribution in [-0.4, -0.2) is 24.5 Å². The van der Waals surface area contributed by atoms with E-state index in [-0.39, 0.29) is 0 Å². The number of benzene rings is 1. The number of fused-ring (bicyclic) bond motifs is 1. The lowest BCUT2D eigenvalue weighted by Gasteiger charge is -2.11. The molecule has 0 spiro atoms. The molecule has 0 saturated heterocycles. The van der Waals surface area contributed by atoms with Gasteiger partial charge >= 0.3 is 0 Å². The lowest BCUT2D eigenvalue weighted by Crippen LogP contribution is -2.16. The summed E-state index contributed by atoms with van der Waals surface area (Å²) in [6.07, 6.45) is 1.61. The van der Waals surface area contributed by atoms with Crippen molar-refractivity contribution >= 4 is 38.9 Å². The molecule has 0 aliphatic carbocycles. The molecule has 0 unspecified atom stereocenters. The Hall–Kier alpha value is -1.62. The van der Waals surface area contributed by atoms with Crippen LogP contribution in [0.15, 0.2) is 28.7 Å². The van der Waals surface area contributed by atoms with Crippen LogP contribution < -0.4 is 10.6 Å². The van der Waals surface area contributed by atoms with Crippen LogP contribution in [-0.2, 0) is 4.79 Å². The van der Waals surface area contributed by atoms with Gasteiger partial charge in [0.2, 0.25) is 6.41 Å². The van der Waals surface area contributed by atoms with Crippen molar-refractivity contribution in [2.24, 2.45) is 0 Å². The molecule has 0 fully saturated rings. The van der Waals surface area contributed by atoms with Gasteiger partial charge in [-0.3, -0.25) is 9.78 Å². The van der Waals surface area contributed by atoms with E-state index in [0.29, 0.717) is 6.54 Å². The standard InChI is InChI=1S/C14H16BrN3O/c1-10-8-13(17-7-3-6-16-9-19)11-4-2-5-12(15)14(11)18-10/h2,4-5,8-9H,3,6-7H2,1H3,(H,16,19)(H,17,18). The second-order valence-corrected chi connectivity index (χ2v) is 5.15. The number of carbonyl (C=O) groups excluding carboxylic acids is 1. The van der Waals surface area contributed by atoms with Gasteiger partial charge in [-0.1, -0.05) is 12.1 Å². The summed E-state index contributed by atoms with van der Waals surface area (Å²) in [5.74, 6) is 0. The Balaban J connectivity index is 2.18. The molecule has 1 heterocycles. The van der Waals surface area contributed by atoms with Gasteiger partial charge < -0.3 is 10.6 Å². The van der Waals surface area contributed by atoms with E-state index in [9.17, 15) is 4.79 Å². The number of aryl methyl sites for hydroxylation is 1. The van der Waals surface area contributed by atoms with Crippen LogP contribution in [0.2, 0.25) is 0 Å². The van der Waals surface area contributed by atoms with Gasteiger partial charge in [-0.2, -0.15) is 0 Å². The van der Waals surface area contributed by atoms with Crippen LogP contribution >= 0.6 is 15.9 Å². The first-order valence-electron chi connectivity index (χ1n) is 6.19. The van der Waals surface area contributed by atoms with Crippen molar-refractivity contribution in [3.63, 3.8) is 0 Å². The average Bonchev–Trinajstić information content (AvgIpc) is 2.39. The monoisotopic (exact) mass is 321 g/mol. The molecule has 2 aromatic rings. The fourth-order valence-corrected chi connectivity index (χ4v) is 2.42. The minimum atomic E-state index is 0.683. The van der Waals surface area contributed by atoms with Gasteiger partial charge in [0, 0.05) is 34.3 Å². The zero-order chi connectivity index (χ0) is 13.7. The first-order valence-corrected chi connectivity index (χ1v) is 6.98. The molecule has 5 heteroatoms. The summed E-state index contributed by atoms with van der Waals surface area (Å²) < 4.78 is 0.999. The van der Waals surface area contributed by atoms with Gasteiger partial charge in [-0.05, 0) is 41.4 Å². The van der Waals surface area contributed by atoms with Gasteiger partial charge in [0.1, 0.15) is 0 Å². The first kappa shape index (κ1) is 13.8. The number of aromatic nitrogens is 1. The number of nitrogens with zero attached hydrogens (tertiary/aromatic N) is 1. The zero-order valence-electron chi connectivity index (χ0n) is 10.7. The van der Waals surface area contributed by atoms with Crippen molar-refractivity contribution in [3.05, 3.63) is 34.4 Å². The van der Waals surface area contributed by atoms with Crippen LogP contribution in [0.5, 0.6) is 0 Å². The Bertz CT molecular complexity index is 586. The van der Waals surface area contributed by atoms with Crippen molar-refractivity contribution in [1.82, 2.24) is 10.3 Å². The predicted octanol–water partition coefficient (Wildman–Crippen LogP) is 2.85. The molecule has 2 rings (SSSR count). The molecule has 0 saturated carbocycles. The SMILES string of the molecule is Cc1cc(NCCCNC=O)c2cccc(Br)c2n1. The maximum atomic E-state index is 10.1. The second kappa shape index (κ2) is 6.52. The number of amides is 1. The lowest BCUT2D eigenvalue weighted by atomic mass is 10.1. The Labute approximate surface area is 120 Å². The molecule has 1 aromatic carbocycles. The van der Waals surface area contributed by atoms with Gasteiger partial charge in [-0.25, -0.2) is 0 Å². The van der Waals surface area contributed by atoms with Gasteiger partial charge in [-0.15, -0.1) is 0 Å². The third kappa shape index (κ3) is 3.44. The van der Waals surface area contributed by atoms with E-state index in [2.05, 4.69) is 37.6 Å². The molecule has 19 heavy (non-hydrogen) atoms. The van der Waals surface area contributed by atoms with Crippen LogP contribution in [0.3, 0.4) is 0 Å². The van der Waals surface area contributed by atoms with Crippen LogP contribution in [0.1, 0.15) is 12.1 Å². The number of carbonyl (C=O) groups is 1. The number of hydrogen-bond acceptors (Lipinski definition) is 3. The predicted molar refractivity (Wildman–Crippen MR) is 81.4 cm³/mol. The number of nitrogens with one attached hydrogen (secondary N) is 2. The molecular formula is C14H16BrN3O. The highest BCUT2D eigenvalue weighted by molar-refractivity contribution is 9.10. The summed E-state index contributed by atoms with van der Waals surface area (Å²) in [5.41, 5.74) is 3.03. The number of anilines is 1. The minimum absolute atomic E-state index is 0.683. The van der Waals surface area contributed by atoms with E-state index >= 15 is 0 Å².